The quantitative estimate of drug-likeness (QED) is 0.497. The third-order valence-corrected chi connectivity index (χ3v) is 5.73. The van der Waals surface area contributed by atoms with E-state index in [1.54, 1.807) is 19.9 Å². The van der Waals surface area contributed by atoms with Gasteiger partial charge in [-0.3, -0.25) is 9.59 Å². The Morgan fingerprint density at radius 1 is 1.16 bits per heavy atom. The molecule has 4 aromatic rings. The summed E-state index contributed by atoms with van der Waals surface area (Å²) in [7, 11) is 0. The lowest BCUT2D eigenvalue weighted by molar-refractivity contribution is -0.141. The van der Waals surface area contributed by atoms with E-state index in [0.717, 1.165) is 11.8 Å². The summed E-state index contributed by atoms with van der Waals surface area (Å²) in [5, 5.41) is 6.98. The predicted octanol–water partition coefficient (Wildman–Crippen LogP) is 3.63. The fraction of sp³-hybridized carbons (Fsp3) is 0.211. The number of nitrogens with two attached hydrogens (primary N) is 1. The van der Waals surface area contributed by atoms with E-state index in [4.69, 9.17) is 5.73 Å². The van der Waals surface area contributed by atoms with Gasteiger partial charge in [0, 0.05) is 16.8 Å². The number of hydrogen-bond donors (Lipinski definition) is 2. The number of thiophene rings is 1. The summed E-state index contributed by atoms with van der Waals surface area (Å²) in [6.45, 7) is 5.02. The highest BCUT2D eigenvalue weighted by molar-refractivity contribution is 7.21. The number of carbonyl (C=O) groups is 2. The highest BCUT2D eigenvalue weighted by Gasteiger charge is 2.34. The first-order valence-electron chi connectivity index (χ1n) is 8.92. The van der Waals surface area contributed by atoms with E-state index in [9.17, 15) is 22.8 Å². The highest BCUT2D eigenvalue weighted by Crippen LogP contribution is 2.40. The number of hydrogen-bond acceptors (Lipinski definition) is 6. The Balaban J connectivity index is 1.85. The Labute approximate surface area is 176 Å². The summed E-state index contributed by atoms with van der Waals surface area (Å²) in [5.41, 5.74) is 6.43. The lowest BCUT2D eigenvalue weighted by Gasteiger charge is -2.09. The van der Waals surface area contributed by atoms with E-state index in [2.05, 4.69) is 20.4 Å². The van der Waals surface area contributed by atoms with Crippen LogP contribution in [-0.2, 0) is 6.18 Å². The summed E-state index contributed by atoms with van der Waals surface area (Å²) < 4.78 is 40.9. The van der Waals surface area contributed by atoms with Crippen LogP contribution in [0.4, 0.5) is 18.9 Å². The summed E-state index contributed by atoms with van der Waals surface area (Å²) >= 11 is 0.687. The minimum absolute atomic E-state index is 0.0138. The monoisotopic (exact) mass is 448 g/mol. The second kappa shape index (κ2) is 7.01. The Morgan fingerprint density at radius 3 is 2.52 bits per heavy atom. The maximum atomic E-state index is 13.1. The van der Waals surface area contributed by atoms with Crippen molar-refractivity contribution in [3.05, 3.63) is 51.4 Å². The Morgan fingerprint density at radius 2 is 1.87 bits per heavy atom. The van der Waals surface area contributed by atoms with Gasteiger partial charge in [-0.15, -0.1) is 11.3 Å². The van der Waals surface area contributed by atoms with Gasteiger partial charge in [-0.25, -0.2) is 14.5 Å². The van der Waals surface area contributed by atoms with E-state index >= 15 is 0 Å². The summed E-state index contributed by atoms with van der Waals surface area (Å²) in [6, 6.07) is 2.66. The SMILES string of the molecule is Cc1cc(C)n2ncc(C(=O)Nc3c(C(N)=O)sc4nc(C(F)(F)F)cc(C)c34)c2n1. The number of rotatable bonds is 3. The number of alkyl halides is 3. The zero-order chi connectivity index (χ0) is 22.7. The Hall–Kier alpha value is -3.54. The topological polar surface area (TPSA) is 115 Å². The molecule has 0 atom stereocenters. The minimum atomic E-state index is -4.66. The lowest BCUT2D eigenvalue weighted by Crippen LogP contribution is -2.17. The van der Waals surface area contributed by atoms with Crippen molar-refractivity contribution in [2.45, 2.75) is 26.9 Å². The summed E-state index contributed by atoms with van der Waals surface area (Å²) in [5.74, 6) is -1.52. The fourth-order valence-corrected chi connectivity index (χ4v) is 4.39. The second-order valence-electron chi connectivity index (χ2n) is 6.96. The maximum absolute atomic E-state index is 13.1. The molecular weight excluding hydrogens is 433 g/mol. The number of fused-ring (bicyclic) bond motifs is 2. The first kappa shape index (κ1) is 20.7. The minimum Gasteiger partial charge on any atom is -0.365 e. The van der Waals surface area contributed by atoms with Gasteiger partial charge in [0.15, 0.2) is 5.65 Å². The number of halogens is 3. The summed E-state index contributed by atoms with van der Waals surface area (Å²) in [6.07, 6.45) is -3.33. The number of nitrogens with one attached hydrogen (secondary N) is 1. The molecule has 3 N–H and O–H groups in total. The molecule has 0 saturated heterocycles. The standard InChI is InChI=1S/C19H15F3N6O2S/c1-7-4-11(19(20,21)22)26-18-12(7)13(14(31-18)15(23)29)27-17(30)10-6-24-28-9(3)5-8(2)25-16(10)28/h4-6H,1-3H3,(H2,23,29)(H,27,30). The first-order valence-corrected chi connectivity index (χ1v) is 9.73. The number of primary amides is 1. The van der Waals surface area contributed by atoms with Crippen LogP contribution >= 0.6 is 11.3 Å². The van der Waals surface area contributed by atoms with Gasteiger partial charge < -0.3 is 11.1 Å². The highest BCUT2D eigenvalue weighted by atomic mass is 32.1. The van der Waals surface area contributed by atoms with Crippen LogP contribution in [0.2, 0.25) is 0 Å². The number of aryl methyl sites for hydroxylation is 3. The molecule has 4 aromatic heterocycles. The van der Waals surface area contributed by atoms with Crippen LogP contribution in [0.15, 0.2) is 18.3 Å². The number of anilines is 1. The average molecular weight is 448 g/mol. The zero-order valence-electron chi connectivity index (χ0n) is 16.5. The molecule has 0 spiro atoms. The number of aromatic nitrogens is 4. The maximum Gasteiger partial charge on any atom is 0.433 e. The van der Waals surface area contributed by atoms with Gasteiger partial charge in [0.1, 0.15) is 21.0 Å². The van der Waals surface area contributed by atoms with Gasteiger partial charge in [-0.2, -0.15) is 18.3 Å². The van der Waals surface area contributed by atoms with E-state index in [0.29, 0.717) is 22.7 Å². The van der Waals surface area contributed by atoms with Gasteiger partial charge in [0.05, 0.1) is 11.9 Å². The van der Waals surface area contributed by atoms with E-state index < -0.39 is 23.7 Å². The molecule has 4 heterocycles. The van der Waals surface area contributed by atoms with E-state index in [-0.39, 0.29) is 31.9 Å². The van der Waals surface area contributed by atoms with Crippen molar-refractivity contribution in [2.75, 3.05) is 5.32 Å². The van der Waals surface area contributed by atoms with Crippen LogP contribution in [0.3, 0.4) is 0 Å². The molecule has 160 valence electrons. The second-order valence-corrected chi connectivity index (χ2v) is 7.96. The molecule has 0 aliphatic rings. The zero-order valence-corrected chi connectivity index (χ0v) is 17.3. The van der Waals surface area contributed by atoms with Crippen molar-refractivity contribution >= 4 is 44.7 Å². The van der Waals surface area contributed by atoms with Crippen molar-refractivity contribution < 1.29 is 22.8 Å². The molecule has 8 nitrogen and oxygen atoms in total. The third kappa shape index (κ3) is 3.48. The van der Waals surface area contributed by atoms with Crippen LogP contribution in [0.1, 0.15) is 42.7 Å². The van der Waals surface area contributed by atoms with Gasteiger partial charge in [-0.05, 0) is 38.5 Å². The normalized spacial score (nSPS) is 11.9. The number of nitrogens with zero attached hydrogens (tertiary/aromatic N) is 4. The van der Waals surface area contributed by atoms with Crippen molar-refractivity contribution in [3.63, 3.8) is 0 Å². The molecule has 0 aliphatic carbocycles. The third-order valence-electron chi connectivity index (χ3n) is 4.63. The van der Waals surface area contributed by atoms with Gasteiger partial charge in [0.2, 0.25) is 0 Å². The van der Waals surface area contributed by atoms with Crippen LogP contribution in [0.25, 0.3) is 15.9 Å². The summed E-state index contributed by atoms with van der Waals surface area (Å²) in [4.78, 5) is 32.8. The van der Waals surface area contributed by atoms with Crippen LogP contribution in [0.5, 0.6) is 0 Å². The molecule has 12 heteroatoms. The van der Waals surface area contributed by atoms with Crippen LogP contribution < -0.4 is 11.1 Å². The molecule has 4 rings (SSSR count). The molecule has 31 heavy (non-hydrogen) atoms. The van der Waals surface area contributed by atoms with Crippen molar-refractivity contribution in [2.24, 2.45) is 5.73 Å². The van der Waals surface area contributed by atoms with Crippen molar-refractivity contribution in [1.29, 1.82) is 0 Å². The lowest BCUT2D eigenvalue weighted by atomic mass is 10.1. The molecule has 0 fully saturated rings. The number of pyridine rings is 1. The van der Waals surface area contributed by atoms with E-state index in [1.807, 2.05) is 0 Å². The first-order chi connectivity index (χ1) is 14.5. The van der Waals surface area contributed by atoms with Crippen LogP contribution in [0, 0.1) is 20.8 Å². The van der Waals surface area contributed by atoms with Gasteiger partial charge >= 0.3 is 6.18 Å². The Kier molecular flexibility index (Phi) is 4.69. The predicted molar refractivity (Wildman–Crippen MR) is 108 cm³/mol. The van der Waals surface area contributed by atoms with Gasteiger partial charge in [0.25, 0.3) is 11.8 Å². The average Bonchev–Trinajstić information content (AvgIpc) is 3.23. The molecule has 0 bridgehead atoms. The Bertz CT molecular complexity index is 1390. The van der Waals surface area contributed by atoms with E-state index in [1.165, 1.54) is 17.6 Å². The molecule has 0 unspecified atom stereocenters. The largest absolute Gasteiger partial charge is 0.433 e. The van der Waals surface area contributed by atoms with Gasteiger partial charge in [-0.1, -0.05) is 0 Å². The fourth-order valence-electron chi connectivity index (χ4n) is 3.33. The smallest absolute Gasteiger partial charge is 0.365 e. The molecule has 2 amide bonds. The molecule has 0 saturated carbocycles. The number of carbonyl (C=O) groups excluding carboxylic acids is 2. The van der Waals surface area contributed by atoms with Crippen LogP contribution in [-0.4, -0.2) is 31.4 Å². The van der Waals surface area contributed by atoms with Crippen molar-refractivity contribution in [3.8, 4) is 0 Å². The van der Waals surface area contributed by atoms with Crippen molar-refractivity contribution in [1.82, 2.24) is 19.6 Å². The molecule has 0 aromatic carbocycles. The molecule has 0 aliphatic heterocycles. The molecular formula is C19H15F3N6O2S. The number of amides is 2. The molecule has 0 radical (unpaired) electrons.